The van der Waals surface area contributed by atoms with Crippen LogP contribution in [-0.2, 0) is 4.79 Å². The highest BCUT2D eigenvalue weighted by atomic mass is 35.5. The topological polar surface area (TPSA) is 67.9 Å². The number of carbonyl (C=O) groups is 2. The van der Waals surface area contributed by atoms with Crippen LogP contribution in [0, 0.1) is 0 Å². The van der Waals surface area contributed by atoms with E-state index < -0.39 is 0 Å². The van der Waals surface area contributed by atoms with Crippen molar-refractivity contribution in [2.75, 3.05) is 25.7 Å². The molecule has 1 N–H and O–H groups in total. The number of methoxy groups -OCH3 is 2. The van der Waals surface area contributed by atoms with E-state index in [1.54, 1.807) is 47.4 Å². The largest absolute Gasteiger partial charge is 0.497 e. The fourth-order valence-electron chi connectivity index (χ4n) is 2.88. The number of hydrogen-bond acceptors (Lipinski definition) is 4. The molecule has 3 rings (SSSR count). The number of benzene rings is 2. The van der Waals surface area contributed by atoms with Gasteiger partial charge in [-0.15, -0.1) is 0 Å². The number of halogens is 1. The van der Waals surface area contributed by atoms with Crippen LogP contribution in [0.15, 0.2) is 42.5 Å². The Kier molecular flexibility index (Phi) is 5.32. The zero-order valence-corrected chi connectivity index (χ0v) is 15.2. The van der Waals surface area contributed by atoms with Gasteiger partial charge < -0.3 is 19.7 Å². The smallest absolute Gasteiger partial charge is 0.251 e. The lowest BCUT2D eigenvalue weighted by Crippen LogP contribution is -2.37. The van der Waals surface area contributed by atoms with Crippen LogP contribution >= 0.6 is 11.6 Å². The molecule has 2 aromatic rings. The van der Waals surface area contributed by atoms with Gasteiger partial charge in [0, 0.05) is 35.3 Å². The van der Waals surface area contributed by atoms with Gasteiger partial charge in [-0.05, 0) is 36.4 Å². The molecule has 1 fully saturated rings. The Morgan fingerprint density at radius 3 is 2.31 bits per heavy atom. The van der Waals surface area contributed by atoms with E-state index in [1.807, 2.05) is 0 Å². The third kappa shape index (κ3) is 3.91. The van der Waals surface area contributed by atoms with Gasteiger partial charge in [-0.1, -0.05) is 11.6 Å². The average Bonchev–Trinajstić information content (AvgIpc) is 3.01. The molecular weight excluding hydrogens is 356 g/mol. The van der Waals surface area contributed by atoms with Gasteiger partial charge in [0.25, 0.3) is 5.91 Å². The predicted octanol–water partition coefficient (Wildman–Crippen LogP) is 2.89. The lowest BCUT2D eigenvalue weighted by molar-refractivity contribution is -0.117. The summed E-state index contributed by atoms with van der Waals surface area (Å²) in [5.74, 6) is 0.735. The molecule has 26 heavy (non-hydrogen) atoms. The van der Waals surface area contributed by atoms with Crippen molar-refractivity contribution in [2.24, 2.45) is 0 Å². The summed E-state index contributed by atoms with van der Waals surface area (Å²) in [6.45, 7) is 0.410. The minimum Gasteiger partial charge on any atom is -0.497 e. The monoisotopic (exact) mass is 374 g/mol. The normalized spacial score (nSPS) is 16.5. The van der Waals surface area contributed by atoms with Gasteiger partial charge in [0.15, 0.2) is 0 Å². The van der Waals surface area contributed by atoms with Crippen LogP contribution < -0.4 is 19.7 Å². The van der Waals surface area contributed by atoms with Crippen LogP contribution in [0.25, 0.3) is 0 Å². The van der Waals surface area contributed by atoms with Gasteiger partial charge in [0.05, 0.1) is 20.3 Å². The first-order valence-corrected chi connectivity index (χ1v) is 8.48. The van der Waals surface area contributed by atoms with Crippen LogP contribution in [0.2, 0.25) is 5.02 Å². The first kappa shape index (κ1) is 18.1. The molecule has 1 saturated heterocycles. The number of nitrogens with zero attached hydrogens (tertiary/aromatic N) is 1. The summed E-state index contributed by atoms with van der Waals surface area (Å²) in [6.07, 6.45) is 0.246. The molecule has 1 aliphatic rings. The molecule has 0 bridgehead atoms. The van der Waals surface area contributed by atoms with Gasteiger partial charge in [-0.3, -0.25) is 9.59 Å². The van der Waals surface area contributed by atoms with Gasteiger partial charge in [0.1, 0.15) is 11.5 Å². The summed E-state index contributed by atoms with van der Waals surface area (Å²) in [5.41, 5.74) is 1.18. The van der Waals surface area contributed by atoms with Crippen LogP contribution in [0.5, 0.6) is 11.5 Å². The van der Waals surface area contributed by atoms with Crippen molar-refractivity contribution in [3.05, 3.63) is 53.1 Å². The number of anilines is 1. The molecular formula is C19H19ClN2O4. The van der Waals surface area contributed by atoms with Crippen molar-refractivity contribution in [3.63, 3.8) is 0 Å². The molecule has 1 aliphatic heterocycles. The van der Waals surface area contributed by atoms with E-state index in [1.165, 1.54) is 14.2 Å². The van der Waals surface area contributed by atoms with Crippen LogP contribution in [0.1, 0.15) is 16.8 Å². The summed E-state index contributed by atoms with van der Waals surface area (Å²) in [4.78, 5) is 26.5. The van der Waals surface area contributed by atoms with Crippen molar-refractivity contribution < 1.29 is 19.1 Å². The summed E-state index contributed by atoms with van der Waals surface area (Å²) in [5, 5.41) is 3.51. The zero-order valence-electron chi connectivity index (χ0n) is 14.5. The van der Waals surface area contributed by atoms with Crippen molar-refractivity contribution in [3.8, 4) is 11.5 Å². The summed E-state index contributed by atoms with van der Waals surface area (Å²) < 4.78 is 10.4. The molecule has 0 aromatic heterocycles. The Balaban J connectivity index is 1.71. The van der Waals surface area contributed by atoms with Crippen LogP contribution in [-0.4, -0.2) is 38.6 Å². The molecule has 7 heteroatoms. The highest BCUT2D eigenvalue weighted by Crippen LogP contribution is 2.25. The SMILES string of the molecule is COc1cc(OC)cc(C(=O)NC2CC(=O)N(c3ccc(Cl)cc3)C2)c1. The minimum atomic E-state index is -0.280. The minimum absolute atomic E-state index is 0.0409. The molecule has 0 aliphatic carbocycles. The van der Waals surface area contributed by atoms with E-state index in [2.05, 4.69) is 5.32 Å². The molecule has 6 nitrogen and oxygen atoms in total. The van der Waals surface area contributed by atoms with Crippen molar-refractivity contribution in [2.45, 2.75) is 12.5 Å². The second-order valence-electron chi connectivity index (χ2n) is 5.96. The van der Waals surface area contributed by atoms with E-state index >= 15 is 0 Å². The third-order valence-electron chi connectivity index (χ3n) is 4.21. The van der Waals surface area contributed by atoms with Crippen molar-refractivity contribution in [1.82, 2.24) is 5.32 Å². The standard InChI is InChI=1S/C19H19ClN2O4/c1-25-16-7-12(8-17(10-16)26-2)19(24)21-14-9-18(23)22(11-14)15-5-3-13(20)4-6-15/h3-8,10,14H,9,11H2,1-2H3,(H,21,24). The summed E-state index contributed by atoms with van der Waals surface area (Å²) in [7, 11) is 3.05. The van der Waals surface area contributed by atoms with Gasteiger partial charge in [-0.25, -0.2) is 0 Å². The number of rotatable bonds is 5. The number of amides is 2. The van der Waals surface area contributed by atoms with E-state index in [9.17, 15) is 9.59 Å². The van der Waals surface area contributed by atoms with Crippen LogP contribution in [0.4, 0.5) is 5.69 Å². The molecule has 2 amide bonds. The highest BCUT2D eigenvalue weighted by molar-refractivity contribution is 6.30. The van der Waals surface area contributed by atoms with Gasteiger partial charge in [0.2, 0.25) is 5.91 Å². The lowest BCUT2D eigenvalue weighted by atomic mass is 10.1. The van der Waals surface area contributed by atoms with E-state index in [4.69, 9.17) is 21.1 Å². The maximum absolute atomic E-state index is 12.6. The third-order valence-corrected chi connectivity index (χ3v) is 4.46. The maximum Gasteiger partial charge on any atom is 0.251 e. The molecule has 0 spiro atoms. The Morgan fingerprint density at radius 1 is 1.12 bits per heavy atom. The fraction of sp³-hybridized carbons (Fsp3) is 0.263. The lowest BCUT2D eigenvalue weighted by Gasteiger charge is -2.17. The number of carbonyl (C=O) groups excluding carboxylic acids is 2. The van der Waals surface area contributed by atoms with Gasteiger partial charge in [-0.2, -0.15) is 0 Å². The first-order valence-electron chi connectivity index (χ1n) is 8.10. The van der Waals surface area contributed by atoms with E-state index in [0.29, 0.717) is 28.6 Å². The molecule has 1 atom stereocenters. The second kappa shape index (κ2) is 7.66. The Hall–Kier alpha value is -2.73. The number of hydrogen-bond donors (Lipinski definition) is 1. The van der Waals surface area contributed by atoms with Crippen molar-refractivity contribution in [1.29, 1.82) is 0 Å². The van der Waals surface area contributed by atoms with E-state index in [0.717, 1.165) is 5.69 Å². The molecule has 0 radical (unpaired) electrons. The maximum atomic E-state index is 12.6. The zero-order chi connectivity index (χ0) is 18.7. The number of ether oxygens (including phenoxy) is 2. The molecule has 1 heterocycles. The molecule has 2 aromatic carbocycles. The van der Waals surface area contributed by atoms with E-state index in [-0.39, 0.29) is 24.3 Å². The molecule has 0 saturated carbocycles. The quantitative estimate of drug-likeness (QED) is 0.873. The Labute approximate surface area is 156 Å². The number of nitrogens with one attached hydrogen (secondary N) is 1. The second-order valence-corrected chi connectivity index (χ2v) is 6.39. The Morgan fingerprint density at radius 2 is 1.73 bits per heavy atom. The summed E-state index contributed by atoms with van der Waals surface area (Å²) >= 11 is 5.89. The Bertz CT molecular complexity index is 801. The average molecular weight is 375 g/mol. The van der Waals surface area contributed by atoms with Crippen molar-refractivity contribution >= 4 is 29.1 Å². The summed E-state index contributed by atoms with van der Waals surface area (Å²) in [6, 6.07) is 11.7. The van der Waals surface area contributed by atoms with Crippen LogP contribution in [0.3, 0.4) is 0 Å². The van der Waals surface area contributed by atoms with Gasteiger partial charge >= 0.3 is 0 Å². The predicted molar refractivity (Wildman–Crippen MR) is 99.2 cm³/mol. The fourth-order valence-corrected chi connectivity index (χ4v) is 3.01. The molecule has 1 unspecified atom stereocenters. The molecule has 136 valence electrons. The first-order chi connectivity index (χ1) is 12.5. The highest BCUT2D eigenvalue weighted by Gasteiger charge is 2.31.